The van der Waals surface area contributed by atoms with Crippen molar-refractivity contribution in [2.75, 3.05) is 0 Å². The summed E-state index contributed by atoms with van der Waals surface area (Å²) < 4.78 is 2.43. The van der Waals surface area contributed by atoms with Crippen molar-refractivity contribution in [3.8, 4) is 50.5 Å². The number of rotatable bonds is 5. The molecule has 71 heavy (non-hydrogen) atoms. The maximum Gasteiger partial charge on any atom is 0.0535 e. The minimum Gasteiger partial charge on any atom is -0.309 e. The Morgan fingerprint density at radius 3 is 1.03 bits per heavy atom. The van der Waals surface area contributed by atoms with E-state index < -0.39 is 0 Å². The Kier molecular flexibility index (Phi) is 7.95. The van der Waals surface area contributed by atoms with Crippen molar-refractivity contribution >= 4 is 108 Å². The molecule has 16 aromatic rings. The van der Waals surface area contributed by atoms with Crippen LogP contribution in [0.5, 0.6) is 0 Å². The molecule has 0 saturated heterocycles. The number of fused-ring (bicyclic) bond motifs is 6. The Balaban J connectivity index is 0.990. The van der Waals surface area contributed by atoms with Crippen molar-refractivity contribution in [2.24, 2.45) is 0 Å². The molecular weight excluding hydrogens is 855 g/mol. The zero-order valence-electron chi connectivity index (χ0n) is 38.6. The highest BCUT2D eigenvalue weighted by molar-refractivity contribution is 6.36. The zero-order chi connectivity index (χ0) is 46.3. The van der Waals surface area contributed by atoms with Gasteiger partial charge in [-0.1, -0.05) is 212 Å². The molecule has 0 amide bonds. The largest absolute Gasteiger partial charge is 0.309 e. The average Bonchev–Trinajstić information content (AvgIpc) is 3.89. The van der Waals surface area contributed by atoms with Crippen LogP contribution in [-0.4, -0.2) is 4.57 Å². The molecule has 1 nitrogen and oxygen atoms in total. The predicted molar refractivity (Wildman–Crippen MR) is 305 cm³/mol. The lowest BCUT2D eigenvalue weighted by Gasteiger charge is -2.20. The molecule has 15 aromatic carbocycles. The van der Waals surface area contributed by atoms with Crippen LogP contribution >= 0.6 is 0 Å². The Bertz CT molecular complexity index is 4690. The van der Waals surface area contributed by atoms with Crippen molar-refractivity contribution in [1.82, 2.24) is 4.57 Å². The van der Waals surface area contributed by atoms with Crippen molar-refractivity contribution < 1.29 is 0 Å². The lowest BCUT2D eigenvalue weighted by molar-refractivity contribution is 1.10. The van der Waals surface area contributed by atoms with Crippen LogP contribution in [0.25, 0.3) is 158 Å². The second kappa shape index (κ2) is 14.6. The molecule has 0 atom stereocenters. The molecule has 0 unspecified atom stereocenters. The predicted octanol–water partition coefficient (Wildman–Crippen LogP) is 19.6. The van der Waals surface area contributed by atoms with Crippen molar-refractivity contribution in [3.05, 3.63) is 249 Å². The molecule has 0 bridgehead atoms. The van der Waals surface area contributed by atoms with Gasteiger partial charge in [-0.3, -0.25) is 0 Å². The highest BCUT2D eigenvalue weighted by Gasteiger charge is 2.21. The normalized spacial score (nSPS) is 12.2. The smallest absolute Gasteiger partial charge is 0.0535 e. The van der Waals surface area contributed by atoms with Crippen molar-refractivity contribution in [3.63, 3.8) is 0 Å². The van der Waals surface area contributed by atoms with Crippen LogP contribution < -0.4 is 0 Å². The third-order valence-electron chi connectivity index (χ3n) is 15.9. The second-order valence-corrected chi connectivity index (χ2v) is 19.5. The van der Waals surface area contributed by atoms with Gasteiger partial charge >= 0.3 is 0 Å². The lowest BCUT2D eigenvalue weighted by atomic mass is 9.83. The average molecular weight is 896 g/mol. The fourth-order valence-corrected chi connectivity index (χ4v) is 12.8. The molecule has 1 heteroatoms. The van der Waals surface area contributed by atoms with E-state index in [1.807, 2.05) is 0 Å². The molecule has 1 aromatic heterocycles. The summed E-state index contributed by atoms with van der Waals surface area (Å²) in [5, 5.41) is 25.8. The molecule has 0 spiro atoms. The van der Waals surface area contributed by atoms with Gasteiger partial charge in [0.25, 0.3) is 0 Å². The Labute approximate surface area is 409 Å². The number of aromatic nitrogens is 1. The second-order valence-electron chi connectivity index (χ2n) is 19.5. The summed E-state index contributed by atoms with van der Waals surface area (Å²) in [6.07, 6.45) is 0. The molecule has 0 radical (unpaired) electrons. The molecule has 0 fully saturated rings. The van der Waals surface area contributed by atoms with E-state index in [0.717, 1.165) is 17.1 Å². The summed E-state index contributed by atoms with van der Waals surface area (Å²) in [6.45, 7) is 0. The molecule has 326 valence electrons. The maximum absolute atomic E-state index is 2.48. The van der Waals surface area contributed by atoms with E-state index in [1.165, 1.54) is 141 Å². The SMILES string of the molecule is c1ccc(-c2ccc(-c3ccccc3)n2-c2ccc3cc4c(-c5ccc6c7cccc8cccc(c9cccc5c96)c87)ccc(-c5ccc6c7cccc8cccc(c9cccc5c96)c87)c4cc3c2)cc1. The molecule has 1 heterocycles. The van der Waals surface area contributed by atoms with Gasteiger partial charge in [0.05, 0.1) is 11.4 Å². The third kappa shape index (κ3) is 5.46. The van der Waals surface area contributed by atoms with Crippen LogP contribution in [0.4, 0.5) is 0 Å². The number of benzene rings is 15. The number of hydrogen-bond donors (Lipinski definition) is 0. The van der Waals surface area contributed by atoms with Gasteiger partial charge in [-0.2, -0.15) is 0 Å². The van der Waals surface area contributed by atoms with Gasteiger partial charge in [-0.05, 0) is 178 Å². The van der Waals surface area contributed by atoms with Crippen LogP contribution in [0.1, 0.15) is 0 Å². The lowest BCUT2D eigenvalue weighted by Crippen LogP contribution is -1.99. The number of nitrogens with zero attached hydrogens (tertiary/aromatic N) is 1. The molecule has 0 saturated carbocycles. The van der Waals surface area contributed by atoms with Gasteiger partial charge < -0.3 is 4.57 Å². The van der Waals surface area contributed by atoms with E-state index in [-0.39, 0.29) is 0 Å². The van der Waals surface area contributed by atoms with E-state index in [1.54, 1.807) is 0 Å². The van der Waals surface area contributed by atoms with Crippen molar-refractivity contribution in [1.29, 1.82) is 0 Å². The van der Waals surface area contributed by atoms with E-state index in [0.29, 0.717) is 0 Å². The van der Waals surface area contributed by atoms with Gasteiger partial charge in [0.15, 0.2) is 0 Å². The van der Waals surface area contributed by atoms with Crippen LogP contribution in [0.3, 0.4) is 0 Å². The summed E-state index contributed by atoms with van der Waals surface area (Å²) >= 11 is 0. The monoisotopic (exact) mass is 895 g/mol. The highest BCUT2D eigenvalue weighted by Crippen LogP contribution is 2.49. The summed E-state index contributed by atoms with van der Waals surface area (Å²) in [4.78, 5) is 0. The Hall–Kier alpha value is -9.30. The molecule has 0 aliphatic carbocycles. The van der Waals surface area contributed by atoms with Gasteiger partial charge in [-0.15, -0.1) is 0 Å². The Morgan fingerprint density at radius 1 is 0.197 bits per heavy atom. The van der Waals surface area contributed by atoms with Crippen LogP contribution in [0.2, 0.25) is 0 Å². The molecule has 0 N–H and O–H groups in total. The zero-order valence-corrected chi connectivity index (χ0v) is 38.6. The Morgan fingerprint density at radius 2 is 0.563 bits per heavy atom. The van der Waals surface area contributed by atoms with E-state index in [9.17, 15) is 0 Å². The molecule has 0 aliphatic heterocycles. The van der Waals surface area contributed by atoms with Gasteiger partial charge in [-0.25, -0.2) is 0 Å². The summed E-state index contributed by atoms with van der Waals surface area (Å²) in [5.41, 5.74) is 10.8. The summed E-state index contributed by atoms with van der Waals surface area (Å²) in [6, 6.07) is 93.3. The van der Waals surface area contributed by atoms with Gasteiger partial charge in [0.1, 0.15) is 0 Å². The van der Waals surface area contributed by atoms with Crippen LogP contribution in [-0.2, 0) is 0 Å². The van der Waals surface area contributed by atoms with E-state index >= 15 is 0 Å². The standard InChI is InChI=1S/C70H41N/c1-3-13-42(14-4-1)65-37-38-66(43-15-5-2-6-16-43)71(65)48-30-29-46-40-63-51(49-33-35-61-57-23-9-19-44-17-7-21-55(67(44)57)59-27-11-25-53(49)69(59)61)31-32-52(64(63)41-47(46)39-48)50-34-36-62-58-24-10-20-45-18-8-22-56(68(45)58)60-28-12-26-54(50)70(60)62/h1-41H. The minimum absolute atomic E-state index is 1.13. The van der Waals surface area contributed by atoms with Crippen LogP contribution in [0, 0.1) is 0 Å². The molecule has 0 aliphatic rings. The fourth-order valence-electron chi connectivity index (χ4n) is 12.8. The van der Waals surface area contributed by atoms with Crippen molar-refractivity contribution in [2.45, 2.75) is 0 Å². The maximum atomic E-state index is 2.48. The highest BCUT2D eigenvalue weighted by atomic mass is 15.0. The minimum atomic E-state index is 1.13. The van der Waals surface area contributed by atoms with E-state index in [2.05, 4.69) is 253 Å². The first kappa shape index (κ1) is 38.6. The first-order chi connectivity index (χ1) is 35.2. The summed E-state index contributed by atoms with van der Waals surface area (Å²) in [5.74, 6) is 0. The molecule has 16 rings (SSSR count). The first-order valence-corrected chi connectivity index (χ1v) is 24.7. The molecular formula is C70H41N. The fraction of sp³-hybridized carbons (Fsp3) is 0. The quantitative estimate of drug-likeness (QED) is 0.120. The summed E-state index contributed by atoms with van der Waals surface area (Å²) in [7, 11) is 0. The first-order valence-electron chi connectivity index (χ1n) is 24.7. The van der Waals surface area contributed by atoms with Gasteiger partial charge in [0.2, 0.25) is 0 Å². The van der Waals surface area contributed by atoms with E-state index in [4.69, 9.17) is 0 Å². The van der Waals surface area contributed by atoms with Crippen LogP contribution in [0.15, 0.2) is 249 Å². The third-order valence-corrected chi connectivity index (χ3v) is 15.9. The topological polar surface area (TPSA) is 4.93 Å². The van der Waals surface area contributed by atoms with Gasteiger partial charge in [0, 0.05) is 5.69 Å². The number of hydrogen-bond acceptors (Lipinski definition) is 0.